The monoisotopic (exact) mass is 230 g/mol. The van der Waals surface area contributed by atoms with Gasteiger partial charge in [0.25, 0.3) is 0 Å². The minimum atomic E-state index is -0.106. The van der Waals surface area contributed by atoms with Crippen LogP contribution in [0.15, 0.2) is 0 Å². The lowest BCUT2D eigenvalue weighted by Gasteiger charge is -2.30. The largest absolute Gasteiger partial charge is 0.394 e. The van der Waals surface area contributed by atoms with Gasteiger partial charge in [-0.05, 0) is 53.2 Å². The van der Waals surface area contributed by atoms with Gasteiger partial charge in [-0.1, -0.05) is 13.8 Å². The topological polar surface area (TPSA) is 35.5 Å². The van der Waals surface area contributed by atoms with Gasteiger partial charge in [0, 0.05) is 11.6 Å². The van der Waals surface area contributed by atoms with Gasteiger partial charge >= 0.3 is 0 Å². The van der Waals surface area contributed by atoms with Crippen LogP contribution >= 0.6 is 0 Å². The Morgan fingerprint density at radius 3 is 2.31 bits per heavy atom. The van der Waals surface area contributed by atoms with Crippen LogP contribution < -0.4 is 5.32 Å². The Bertz CT molecular complexity index is 173. The standard InChI is InChI=1S/C13H30N2O/c1-6-14-13(5,11-16)9-8-10-15(7-2)12(3)4/h12,14,16H,6-11H2,1-5H3. The minimum absolute atomic E-state index is 0.106. The summed E-state index contributed by atoms with van der Waals surface area (Å²) in [6.07, 6.45) is 2.16. The molecule has 0 aliphatic rings. The van der Waals surface area contributed by atoms with Gasteiger partial charge in [0.05, 0.1) is 6.61 Å². The average Bonchev–Trinajstić information content (AvgIpc) is 2.24. The molecule has 0 aromatic carbocycles. The second-order valence-corrected chi connectivity index (χ2v) is 5.07. The number of nitrogens with zero attached hydrogens (tertiary/aromatic N) is 1. The number of nitrogens with one attached hydrogen (secondary N) is 1. The van der Waals surface area contributed by atoms with Crippen LogP contribution in [-0.2, 0) is 0 Å². The van der Waals surface area contributed by atoms with E-state index < -0.39 is 0 Å². The lowest BCUT2D eigenvalue weighted by Crippen LogP contribution is -2.46. The Labute approximate surface area is 101 Å². The molecule has 0 aromatic heterocycles. The summed E-state index contributed by atoms with van der Waals surface area (Å²) in [5.74, 6) is 0. The van der Waals surface area contributed by atoms with Crippen LogP contribution in [0.4, 0.5) is 0 Å². The van der Waals surface area contributed by atoms with Gasteiger partial charge in [0.1, 0.15) is 0 Å². The predicted molar refractivity (Wildman–Crippen MR) is 70.8 cm³/mol. The molecule has 0 heterocycles. The number of hydrogen-bond donors (Lipinski definition) is 2. The third kappa shape index (κ3) is 5.83. The highest BCUT2D eigenvalue weighted by atomic mass is 16.3. The average molecular weight is 230 g/mol. The van der Waals surface area contributed by atoms with Crippen molar-refractivity contribution in [2.75, 3.05) is 26.2 Å². The molecule has 0 amide bonds. The molecule has 3 heteroatoms. The Morgan fingerprint density at radius 1 is 1.31 bits per heavy atom. The highest BCUT2D eigenvalue weighted by Crippen LogP contribution is 2.12. The molecule has 0 aliphatic heterocycles. The van der Waals surface area contributed by atoms with E-state index in [0.29, 0.717) is 6.04 Å². The number of likely N-dealkylation sites (N-methyl/N-ethyl adjacent to an activating group) is 1. The molecule has 0 radical (unpaired) electrons. The Kier molecular flexibility index (Phi) is 7.98. The fraction of sp³-hybridized carbons (Fsp3) is 1.00. The number of hydrogen-bond acceptors (Lipinski definition) is 3. The van der Waals surface area contributed by atoms with Crippen molar-refractivity contribution >= 4 is 0 Å². The maximum absolute atomic E-state index is 9.37. The van der Waals surface area contributed by atoms with E-state index in [1.54, 1.807) is 0 Å². The zero-order valence-corrected chi connectivity index (χ0v) is 11.7. The molecule has 1 atom stereocenters. The molecule has 0 fully saturated rings. The van der Waals surface area contributed by atoms with Crippen LogP contribution in [0.25, 0.3) is 0 Å². The summed E-state index contributed by atoms with van der Waals surface area (Å²) in [5.41, 5.74) is -0.106. The van der Waals surface area contributed by atoms with Gasteiger partial charge in [0.2, 0.25) is 0 Å². The van der Waals surface area contributed by atoms with E-state index in [-0.39, 0.29) is 12.1 Å². The predicted octanol–water partition coefficient (Wildman–Crippen LogP) is 1.86. The summed E-state index contributed by atoms with van der Waals surface area (Å²) in [6, 6.07) is 0.615. The Hall–Kier alpha value is -0.120. The van der Waals surface area contributed by atoms with Crippen molar-refractivity contribution in [3.8, 4) is 0 Å². The van der Waals surface area contributed by atoms with Crippen LogP contribution in [0.3, 0.4) is 0 Å². The molecule has 0 saturated carbocycles. The van der Waals surface area contributed by atoms with Crippen LogP contribution in [0.5, 0.6) is 0 Å². The van der Waals surface area contributed by atoms with Gasteiger partial charge < -0.3 is 15.3 Å². The van der Waals surface area contributed by atoms with E-state index in [1.807, 2.05) is 0 Å². The van der Waals surface area contributed by atoms with E-state index >= 15 is 0 Å². The lowest BCUT2D eigenvalue weighted by atomic mass is 9.96. The van der Waals surface area contributed by atoms with Crippen molar-refractivity contribution in [1.82, 2.24) is 10.2 Å². The van der Waals surface area contributed by atoms with Crippen molar-refractivity contribution in [3.63, 3.8) is 0 Å². The van der Waals surface area contributed by atoms with Crippen LogP contribution in [-0.4, -0.2) is 47.8 Å². The summed E-state index contributed by atoms with van der Waals surface area (Å²) in [6.45, 7) is 14.2. The van der Waals surface area contributed by atoms with Gasteiger partial charge in [-0.3, -0.25) is 0 Å². The lowest BCUT2D eigenvalue weighted by molar-refractivity contribution is 0.154. The molecule has 0 spiro atoms. The highest BCUT2D eigenvalue weighted by Gasteiger charge is 2.21. The molecular weight excluding hydrogens is 200 g/mol. The first-order valence-electron chi connectivity index (χ1n) is 6.59. The summed E-state index contributed by atoms with van der Waals surface area (Å²) in [5, 5.41) is 12.7. The highest BCUT2D eigenvalue weighted by molar-refractivity contribution is 4.82. The first-order chi connectivity index (χ1) is 7.49. The maximum Gasteiger partial charge on any atom is 0.0610 e. The van der Waals surface area contributed by atoms with Crippen molar-refractivity contribution in [2.24, 2.45) is 0 Å². The Morgan fingerprint density at radius 2 is 1.94 bits per heavy atom. The normalized spacial score (nSPS) is 15.8. The number of aliphatic hydroxyl groups is 1. The van der Waals surface area contributed by atoms with Crippen LogP contribution in [0, 0.1) is 0 Å². The van der Waals surface area contributed by atoms with Gasteiger partial charge in [-0.25, -0.2) is 0 Å². The Balaban J connectivity index is 3.93. The molecule has 0 bridgehead atoms. The molecule has 3 nitrogen and oxygen atoms in total. The SMILES string of the molecule is CCNC(C)(CO)CCCN(CC)C(C)C. The quantitative estimate of drug-likeness (QED) is 0.634. The van der Waals surface area contributed by atoms with E-state index in [1.165, 1.54) is 0 Å². The molecule has 16 heavy (non-hydrogen) atoms. The summed E-state index contributed by atoms with van der Waals surface area (Å²) in [4.78, 5) is 2.46. The first-order valence-corrected chi connectivity index (χ1v) is 6.59. The smallest absolute Gasteiger partial charge is 0.0610 e. The number of aliphatic hydroxyl groups excluding tert-OH is 1. The zero-order valence-electron chi connectivity index (χ0n) is 11.7. The third-order valence-corrected chi connectivity index (χ3v) is 3.26. The molecule has 0 rings (SSSR count). The van der Waals surface area contributed by atoms with Crippen molar-refractivity contribution in [1.29, 1.82) is 0 Å². The van der Waals surface area contributed by atoms with Crippen LogP contribution in [0.2, 0.25) is 0 Å². The molecular formula is C13H30N2O. The summed E-state index contributed by atoms with van der Waals surface area (Å²) < 4.78 is 0. The molecule has 0 aliphatic carbocycles. The zero-order chi connectivity index (χ0) is 12.6. The molecule has 1 unspecified atom stereocenters. The first kappa shape index (κ1) is 15.9. The van der Waals surface area contributed by atoms with Gasteiger partial charge in [-0.15, -0.1) is 0 Å². The fourth-order valence-corrected chi connectivity index (χ4v) is 2.10. The van der Waals surface area contributed by atoms with Crippen LogP contribution in [0.1, 0.15) is 47.5 Å². The second-order valence-electron chi connectivity index (χ2n) is 5.07. The summed E-state index contributed by atoms with van der Waals surface area (Å²) >= 11 is 0. The molecule has 0 aromatic rings. The molecule has 98 valence electrons. The van der Waals surface area contributed by atoms with Crippen molar-refractivity contribution < 1.29 is 5.11 Å². The van der Waals surface area contributed by atoms with Crippen molar-refractivity contribution in [3.05, 3.63) is 0 Å². The minimum Gasteiger partial charge on any atom is -0.394 e. The fourth-order valence-electron chi connectivity index (χ4n) is 2.10. The summed E-state index contributed by atoms with van der Waals surface area (Å²) in [7, 11) is 0. The second kappa shape index (κ2) is 8.04. The molecule has 2 N–H and O–H groups in total. The van der Waals surface area contributed by atoms with Crippen molar-refractivity contribution in [2.45, 2.75) is 59.0 Å². The maximum atomic E-state index is 9.37. The van der Waals surface area contributed by atoms with E-state index in [9.17, 15) is 5.11 Å². The van der Waals surface area contributed by atoms with E-state index in [0.717, 1.165) is 32.5 Å². The number of rotatable bonds is 9. The molecule has 0 saturated heterocycles. The van der Waals surface area contributed by atoms with Gasteiger partial charge in [0.15, 0.2) is 0 Å². The van der Waals surface area contributed by atoms with Gasteiger partial charge in [-0.2, -0.15) is 0 Å². The van der Waals surface area contributed by atoms with E-state index in [4.69, 9.17) is 0 Å². The van der Waals surface area contributed by atoms with E-state index in [2.05, 4.69) is 44.8 Å². The third-order valence-electron chi connectivity index (χ3n) is 3.26.